The summed E-state index contributed by atoms with van der Waals surface area (Å²) in [6.45, 7) is 1.06. The molecule has 2 aromatic carbocycles. The Hall–Kier alpha value is -3.46. The average Bonchev–Trinajstić information content (AvgIpc) is 3.26. The molecule has 0 bridgehead atoms. The van der Waals surface area contributed by atoms with Crippen molar-refractivity contribution in [2.75, 3.05) is 20.2 Å². The van der Waals surface area contributed by atoms with Gasteiger partial charge in [0.25, 0.3) is 11.5 Å². The fraction of sp³-hybridized carbons (Fsp3) is 0.296. The summed E-state index contributed by atoms with van der Waals surface area (Å²) >= 11 is 0. The molecular formula is C27H29ClN4O4. The zero-order chi connectivity index (χ0) is 24.5. The molecule has 0 spiro atoms. The molecule has 1 aliphatic heterocycles. The number of amides is 1. The molecule has 1 aliphatic rings. The number of carbonyl (C=O) groups is 2. The maximum absolute atomic E-state index is 13.9. The number of methoxy groups -OCH3 is 1. The van der Waals surface area contributed by atoms with Gasteiger partial charge in [-0.1, -0.05) is 48.5 Å². The second-order valence-electron chi connectivity index (χ2n) is 9.01. The van der Waals surface area contributed by atoms with Crippen LogP contribution in [-0.4, -0.2) is 52.4 Å². The molecule has 1 atom stereocenters. The number of aromatic nitrogens is 2. The first-order chi connectivity index (χ1) is 17.0. The third kappa shape index (κ3) is 4.55. The lowest BCUT2D eigenvalue weighted by atomic mass is 10.0. The fourth-order valence-electron chi connectivity index (χ4n) is 4.98. The second-order valence-corrected chi connectivity index (χ2v) is 9.01. The van der Waals surface area contributed by atoms with Crippen LogP contribution in [0.2, 0.25) is 0 Å². The van der Waals surface area contributed by atoms with Crippen molar-refractivity contribution in [2.24, 2.45) is 5.73 Å². The normalized spacial score (nSPS) is 15.7. The Morgan fingerprint density at radius 1 is 1.11 bits per heavy atom. The van der Waals surface area contributed by atoms with E-state index in [2.05, 4.69) is 4.98 Å². The molecule has 1 amide bonds. The lowest BCUT2D eigenvalue weighted by molar-refractivity contribution is 0.0699. The molecule has 0 radical (unpaired) electrons. The molecular weight excluding hydrogens is 480 g/mol. The number of carbonyl (C=O) groups excluding carboxylic acids is 2. The molecule has 1 fully saturated rings. The van der Waals surface area contributed by atoms with Crippen LogP contribution in [0.15, 0.2) is 59.4 Å². The topological polar surface area (TPSA) is 110 Å². The van der Waals surface area contributed by atoms with Crippen molar-refractivity contribution in [3.8, 4) is 0 Å². The minimum absolute atomic E-state index is 0. The van der Waals surface area contributed by atoms with Crippen LogP contribution in [0.4, 0.5) is 0 Å². The van der Waals surface area contributed by atoms with Gasteiger partial charge in [-0.25, -0.2) is 0 Å². The number of hydrogen-bond donors (Lipinski definition) is 2. The standard InChI is InChI=1S/C27H28N4O4.ClH/c1-35-16-20-23-24(29-25(20)27(34)30-13-7-10-18(28)14-30)19-11-5-6-12-21(19)31(26(23)33)15-22(32)17-8-3-2-4-9-17;/h2-6,8-9,11-12,18,29H,7,10,13-16,28H2,1H3;1H/t18-;/m1./s1. The number of hydrogen-bond acceptors (Lipinski definition) is 5. The molecule has 188 valence electrons. The van der Waals surface area contributed by atoms with Crippen molar-refractivity contribution < 1.29 is 14.3 Å². The van der Waals surface area contributed by atoms with E-state index in [4.69, 9.17) is 10.5 Å². The van der Waals surface area contributed by atoms with Crippen LogP contribution < -0.4 is 11.3 Å². The van der Waals surface area contributed by atoms with Gasteiger partial charge >= 0.3 is 0 Å². The number of para-hydroxylation sites is 1. The Kier molecular flexibility index (Phi) is 7.59. The highest BCUT2D eigenvalue weighted by molar-refractivity contribution is 6.10. The van der Waals surface area contributed by atoms with Gasteiger partial charge in [-0.3, -0.25) is 19.0 Å². The third-order valence-electron chi connectivity index (χ3n) is 6.67. The van der Waals surface area contributed by atoms with Crippen LogP contribution in [0.25, 0.3) is 21.8 Å². The number of ether oxygens (including phenoxy) is 1. The number of pyridine rings is 1. The van der Waals surface area contributed by atoms with Crippen LogP contribution in [0, 0.1) is 0 Å². The van der Waals surface area contributed by atoms with Gasteiger partial charge < -0.3 is 20.4 Å². The number of nitrogens with zero attached hydrogens (tertiary/aromatic N) is 2. The molecule has 9 heteroatoms. The van der Waals surface area contributed by atoms with E-state index < -0.39 is 0 Å². The van der Waals surface area contributed by atoms with Crippen molar-refractivity contribution in [1.29, 1.82) is 0 Å². The van der Waals surface area contributed by atoms with E-state index in [0.29, 0.717) is 46.3 Å². The Labute approximate surface area is 214 Å². The highest BCUT2D eigenvalue weighted by Gasteiger charge is 2.29. The van der Waals surface area contributed by atoms with Crippen molar-refractivity contribution >= 4 is 45.9 Å². The van der Waals surface area contributed by atoms with E-state index >= 15 is 0 Å². The molecule has 4 aromatic rings. The number of nitrogens with two attached hydrogens (primary N) is 1. The van der Waals surface area contributed by atoms with Gasteiger partial charge in [0.1, 0.15) is 5.69 Å². The summed E-state index contributed by atoms with van der Waals surface area (Å²) in [5.41, 5.74) is 8.35. The van der Waals surface area contributed by atoms with Crippen LogP contribution in [-0.2, 0) is 17.9 Å². The van der Waals surface area contributed by atoms with E-state index in [0.717, 1.165) is 18.2 Å². The lowest BCUT2D eigenvalue weighted by Crippen LogP contribution is -2.46. The van der Waals surface area contributed by atoms with Crippen molar-refractivity contribution in [2.45, 2.75) is 32.0 Å². The summed E-state index contributed by atoms with van der Waals surface area (Å²) in [6, 6.07) is 16.3. The first-order valence-corrected chi connectivity index (χ1v) is 11.8. The van der Waals surface area contributed by atoms with Gasteiger partial charge in [0.05, 0.1) is 29.6 Å². The predicted molar refractivity (Wildman–Crippen MR) is 142 cm³/mol. The van der Waals surface area contributed by atoms with Gasteiger partial charge in [-0.2, -0.15) is 0 Å². The summed E-state index contributed by atoms with van der Waals surface area (Å²) in [5.74, 6) is -0.363. The van der Waals surface area contributed by atoms with Crippen molar-refractivity contribution in [1.82, 2.24) is 14.5 Å². The molecule has 3 heterocycles. The van der Waals surface area contributed by atoms with Crippen LogP contribution in [0.1, 0.15) is 39.3 Å². The van der Waals surface area contributed by atoms with Crippen LogP contribution in [0.5, 0.6) is 0 Å². The monoisotopic (exact) mass is 508 g/mol. The first kappa shape index (κ1) is 25.6. The Bertz CT molecular complexity index is 1480. The fourth-order valence-corrected chi connectivity index (χ4v) is 4.98. The summed E-state index contributed by atoms with van der Waals surface area (Å²) in [6.07, 6.45) is 1.72. The summed E-state index contributed by atoms with van der Waals surface area (Å²) in [4.78, 5) is 45.4. The molecule has 0 aliphatic carbocycles. The van der Waals surface area contributed by atoms with Crippen LogP contribution in [0.3, 0.4) is 0 Å². The van der Waals surface area contributed by atoms with Gasteiger partial charge in [0.2, 0.25) is 0 Å². The third-order valence-corrected chi connectivity index (χ3v) is 6.67. The van der Waals surface area contributed by atoms with Crippen molar-refractivity contribution in [3.05, 3.63) is 81.8 Å². The number of Topliss-reactive ketones (excluding diaryl/α,β-unsaturated/α-hetero) is 1. The van der Waals surface area contributed by atoms with Gasteiger partial charge in [-0.05, 0) is 18.9 Å². The summed E-state index contributed by atoms with van der Waals surface area (Å²) in [5, 5.41) is 1.13. The molecule has 36 heavy (non-hydrogen) atoms. The van der Waals surface area contributed by atoms with Crippen LogP contribution >= 0.6 is 12.4 Å². The number of ketones is 1. The SMILES string of the molecule is COCc1c(C(=O)N2CCC[C@@H](N)C2)[nH]c2c1c(=O)n(CC(=O)c1ccccc1)c1ccccc21.Cl. The quantitative estimate of drug-likeness (QED) is 0.387. The molecule has 8 nitrogen and oxygen atoms in total. The molecule has 3 N–H and O–H groups in total. The number of piperidine rings is 1. The molecule has 0 saturated carbocycles. The molecule has 1 saturated heterocycles. The van der Waals surface area contributed by atoms with Gasteiger partial charge in [-0.15, -0.1) is 12.4 Å². The number of H-pyrrole nitrogens is 1. The molecule has 2 aromatic heterocycles. The maximum Gasteiger partial charge on any atom is 0.270 e. The second kappa shape index (κ2) is 10.7. The highest BCUT2D eigenvalue weighted by atomic mass is 35.5. The van der Waals surface area contributed by atoms with Gasteiger partial charge in [0.15, 0.2) is 5.78 Å². The number of fused-ring (bicyclic) bond motifs is 3. The Morgan fingerprint density at radius 2 is 1.83 bits per heavy atom. The summed E-state index contributed by atoms with van der Waals surface area (Å²) in [7, 11) is 1.53. The van der Waals surface area contributed by atoms with E-state index in [1.807, 2.05) is 30.3 Å². The average molecular weight is 509 g/mol. The maximum atomic E-state index is 13.9. The summed E-state index contributed by atoms with van der Waals surface area (Å²) < 4.78 is 6.91. The zero-order valence-electron chi connectivity index (χ0n) is 20.0. The number of rotatable bonds is 6. The smallest absolute Gasteiger partial charge is 0.270 e. The minimum atomic E-state index is -0.333. The molecule has 0 unspecified atom stereocenters. The Balaban J connectivity index is 0.00000304. The number of benzene rings is 2. The van der Waals surface area contributed by atoms with E-state index in [1.165, 1.54) is 11.7 Å². The number of halogens is 1. The predicted octanol–water partition coefficient (Wildman–Crippen LogP) is 3.50. The molecule has 5 rings (SSSR count). The van der Waals surface area contributed by atoms with Crippen molar-refractivity contribution in [3.63, 3.8) is 0 Å². The minimum Gasteiger partial charge on any atom is -0.380 e. The van der Waals surface area contributed by atoms with Gasteiger partial charge in [0, 0.05) is 42.8 Å². The number of nitrogens with one attached hydrogen (secondary N) is 1. The van der Waals surface area contributed by atoms with E-state index in [9.17, 15) is 14.4 Å². The highest BCUT2D eigenvalue weighted by Crippen LogP contribution is 2.29. The number of aromatic amines is 1. The Morgan fingerprint density at radius 3 is 2.56 bits per heavy atom. The number of likely N-dealkylation sites (tertiary alicyclic amines) is 1. The zero-order valence-corrected chi connectivity index (χ0v) is 20.8. The van der Waals surface area contributed by atoms with E-state index in [1.54, 1.807) is 29.2 Å². The largest absolute Gasteiger partial charge is 0.380 e. The first-order valence-electron chi connectivity index (χ1n) is 11.8. The lowest BCUT2D eigenvalue weighted by Gasteiger charge is -2.30. The van der Waals surface area contributed by atoms with E-state index in [-0.39, 0.29) is 48.9 Å².